The van der Waals surface area contributed by atoms with E-state index in [1.54, 1.807) is 22.7 Å². The Balaban J connectivity index is 2.03. The van der Waals surface area contributed by atoms with Crippen LogP contribution in [0, 0.1) is 0 Å². The van der Waals surface area contributed by atoms with E-state index in [-0.39, 0.29) is 6.42 Å². The van der Waals surface area contributed by atoms with E-state index in [9.17, 15) is 9.59 Å². The number of hydrogen-bond donors (Lipinski definition) is 0. The molecule has 0 N–H and O–H groups in total. The topological polar surface area (TPSA) is 52.6 Å². The highest BCUT2D eigenvalue weighted by molar-refractivity contribution is 7.10. The molecule has 2 rings (SSSR count). The fraction of sp³-hybridized carbons (Fsp3) is 0.474. The Labute approximate surface area is 156 Å². The first-order chi connectivity index (χ1) is 12.0. The van der Waals surface area contributed by atoms with Gasteiger partial charge < -0.3 is 9.47 Å². The van der Waals surface area contributed by atoms with Crippen LogP contribution >= 0.6 is 22.7 Å². The van der Waals surface area contributed by atoms with Gasteiger partial charge in [-0.3, -0.25) is 9.59 Å². The summed E-state index contributed by atoms with van der Waals surface area (Å²) in [5.41, 5.74) is 2.01. The van der Waals surface area contributed by atoms with E-state index in [0.717, 1.165) is 46.6 Å². The number of ether oxygens (including phenoxy) is 2. The van der Waals surface area contributed by atoms with Crippen LogP contribution in [0.3, 0.4) is 0 Å². The van der Waals surface area contributed by atoms with E-state index < -0.39 is 11.9 Å². The Morgan fingerprint density at radius 3 is 1.48 bits per heavy atom. The average Bonchev–Trinajstić information content (AvgIpc) is 3.17. The predicted octanol–water partition coefficient (Wildman–Crippen LogP) is 4.96. The fourth-order valence-electron chi connectivity index (χ4n) is 2.49. The van der Waals surface area contributed by atoms with Crippen LogP contribution in [0.4, 0.5) is 0 Å². The standard InChI is InChI=1S/C19H24O4S2/c1-5-12-10-24-14(7-3)18(12)22-16(20)9-17(21)23-19-13(6-2)11-25-15(19)8-4/h10-11H,5-9H2,1-4H3. The summed E-state index contributed by atoms with van der Waals surface area (Å²) < 4.78 is 10.9. The van der Waals surface area contributed by atoms with Crippen molar-refractivity contribution >= 4 is 34.6 Å². The van der Waals surface area contributed by atoms with Crippen LogP contribution in [0.1, 0.15) is 55.0 Å². The van der Waals surface area contributed by atoms with E-state index >= 15 is 0 Å². The molecule has 0 saturated heterocycles. The Morgan fingerprint density at radius 2 is 1.16 bits per heavy atom. The summed E-state index contributed by atoms with van der Waals surface area (Å²) in [4.78, 5) is 26.4. The largest absolute Gasteiger partial charge is 0.425 e. The van der Waals surface area contributed by atoms with Crippen molar-refractivity contribution in [2.24, 2.45) is 0 Å². The molecule has 0 unspecified atom stereocenters. The van der Waals surface area contributed by atoms with E-state index in [1.807, 2.05) is 38.5 Å². The minimum absolute atomic E-state index is 0.385. The molecule has 4 nitrogen and oxygen atoms in total. The number of carbonyl (C=O) groups excluding carboxylic acids is 2. The Bertz CT molecular complexity index is 637. The quantitative estimate of drug-likeness (QED) is 0.480. The number of carbonyl (C=O) groups is 2. The van der Waals surface area contributed by atoms with Gasteiger partial charge in [0.1, 0.15) is 17.9 Å². The number of aryl methyl sites for hydroxylation is 4. The third-order valence-electron chi connectivity index (χ3n) is 3.90. The summed E-state index contributed by atoms with van der Waals surface area (Å²) in [5, 5.41) is 4.01. The molecule has 2 aromatic heterocycles. The Hall–Kier alpha value is -1.66. The predicted molar refractivity (Wildman–Crippen MR) is 102 cm³/mol. The highest BCUT2D eigenvalue weighted by Crippen LogP contribution is 2.33. The van der Waals surface area contributed by atoms with Gasteiger partial charge >= 0.3 is 11.9 Å². The molecule has 0 radical (unpaired) electrons. The first-order valence-corrected chi connectivity index (χ1v) is 10.4. The van der Waals surface area contributed by atoms with Gasteiger partial charge in [0, 0.05) is 20.9 Å². The number of esters is 2. The summed E-state index contributed by atoms with van der Waals surface area (Å²) >= 11 is 3.17. The first kappa shape index (κ1) is 19.7. The van der Waals surface area contributed by atoms with Crippen molar-refractivity contribution in [1.82, 2.24) is 0 Å². The lowest BCUT2D eigenvalue weighted by molar-refractivity contribution is -0.144. The maximum Gasteiger partial charge on any atom is 0.322 e. The molecular weight excluding hydrogens is 356 g/mol. The molecule has 0 amide bonds. The van der Waals surface area contributed by atoms with Crippen molar-refractivity contribution in [2.75, 3.05) is 0 Å². The molecule has 0 aliphatic carbocycles. The highest BCUT2D eigenvalue weighted by Gasteiger charge is 2.21. The Kier molecular flexibility index (Phi) is 7.20. The summed E-state index contributed by atoms with van der Waals surface area (Å²) in [6, 6.07) is 0. The summed E-state index contributed by atoms with van der Waals surface area (Å²) in [6.07, 6.45) is 2.79. The maximum absolute atomic E-state index is 12.2. The number of hydrogen-bond acceptors (Lipinski definition) is 6. The van der Waals surface area contributed by atoms with Crippen molar-refractivity contribution in [3.63, 3.8) is 0 Å². The molecular formula is C19H24O4S2. The summed E-state index contributed by atoms with van der Waals surface area (Å²) in [6.45, 7) is 8.07. The maximum atomic E-state index is 12.2. The lowest BCUT2D eigenvalue weighted by Gasteiger charge is -2.09. The lowest BCUT2D eigenvalue weighted by atomic mass is 10.2. The van der Waals surface area contributed by atoms with Crippen molar-refractivity contribution in [3.8, 4) is 11.5 Å². The fourth-order valence-corrected chi connectivity index (χ4v) is 4.50. The van der Waals surface area contributed by atoms with Crippen LogP contribution < -0.4 is 9.47 Å². The molecule has 6 heteroatoms. The zero-order chi connectivity index (χ0) is 18.4. The second-order valence-corrected chi connectivity index (χ2v) is 7.49. The van der Waals surface area contributed by atoms with Gasteiger partial charge in [0.15, 0.2) is 0 Å². The zero-order valence-corrected chi connectivity index (χ0v) is 16.8. The van der Waals surface area contributed by atoms with Gasteiger partial charge in [-0.15, -0.1) is 22.7 Å². The molecule has 25 heavy (non-hydrogen) atoms. The van der Waals surface area contributed by atoms with Crippen LogP contribution in [0.5, 0.6) is 11.5 Å². The minimum Gasteiger partial charge on any atom is -0.425 e. The molecule has 2 heterocycles. The average molecular weight is 381 g/mol. The summed E-state index contributed by atoms with van der Waals surface area (Å²) in [5.74, 6) is 0.0944. The van der Waals surface area contributed by atoms with Crippen LogP contribution in [-0.2, 0) is 35.3 Å². The molecule has 0 aromatic carbocycles. The molecule has 0 aliphatic rings. The van der Waals surface area contributed by atoms with Gasteiger partial charge in [0.25, 0.3) is 0 Å². The normalized spacial score (nSPS) is 10.7. The van der Waals surface area contributed by atoms with Gasteiger partial charge in [0.05, 0.1) is 0 Å². The monoisotopic (exact) mass is 380 g/mol. The van der Waals surface area contributed by atoms with Crippen LogP contribution in [0.25, 0.3) is 0 Å². The van der Waals surface area contributed by atoms with Crippen molar-refractivity contribution in [2.45, 2.75) is 59.8 Å². The van der Waals surface area contributed by atoms with Gasteiger partial charge in [0.2, 0.25) is 0 Å². The first-order valence-electron chi connectivity index (χ1n) is 8.63. The second-order valence-electron chi connectivity index (χ2n) is 5.57. The Morgan fingerprint density at radius 1 is 0.760 bits per heavy atom. The van der Waals surface area contributed by atoms with Gasteiger partial charge in [-0.05, 0) is 36.4 Å². The van der Waals surface area contributed by atoms with Crippen molar-refractivity contribution in [1.29, 1.82) is 0 Å². The number of rotatable bonds is 8. The SMILES string of the molecule is CCc1csc(CC)c1OC(=O)CC(=O)Oc1c(CC)csc1CC. The van der Waals surface area contributed by atoms with E-state index in [4.69, 9.17) is 9.47 Å². The molecule has 136 valence electrons. The molecule has 0 saturated carbocycles. The molecule has 0 aliphatic heterocycles. The third-order valence-corrected chi connectivity index (χ3v) is 6.22. The smallest absolute Gasteiger partial charge is 0.322 e. The van der Waals surface area contributed by atoms with E-state index in [1.165, 1.54) is 0 Å². The van der Waals surface area contributed by atoms with Crippen molar-refractivity contribution < 1.29 is 19.1 Å². The van der Waals surface area contributed by atoms with Crippen LogP contribution in [0.2, 0.25) is 0 Å². The highest BCUT2D eigenvalue weighted by atomic mass is 32.1. The van der Waals surface area contributed by atoms with E-state index in [2.05, 4.69) is 0 Å². The minimum atomic E-state index is -0.570. The zero-order valence-electron chi connectivity index (χ0n) is 15.1. The van der Waals surface area contributed by atoms with E-state index in [0.29, 0.717) is 11.5 Å². The molecule has 0 spiro atoms. The third kappa shape index (κ3) is 4.70. The molecule has 0 bridgehead atoms. The summed E-state index contributed by atoms with van der Waals surface area (Å²) in [7, 11) is 0. The molecule has 0 fully saturated rings. The number of thiophene rings is 2. The van der Waals surface area contributed by atoms with Gasteiger partial charge in [-0.25, -0.2) is 0 Å². The molecule has 2 aromatic rings. The van der Waals surface area contributed by atoms with Crippen molar-refractivity contribution in [3.05, 3.63) is 31.6 Å². The van der Waals surface area contributed by atoms with Crippen LogP contribution in [0.15, 0.2) is 10.8 Å². The lowest BCUT2D eigenvalue weighted by Crippen LogP contribution is -2.19. The second kappa shape index (κ2) is 9.15. The van der Waals surface area contributed by atoms with Gasteiger partial charge in [-0.2, -0.15) is 0 Å². The molecule has 0 atom stereocenters. The van der Waals surface area contributed by atoms with Gasteiger partial charge in [-0.1, -0.05) is 27.7 Å². The van der Waals surface area contributed by atoms with Crippen LogP contribution in [-0.4, -0.2) is 11.9 Å².